The summed E-state index contributed by atoms with van der Waals surface area (Å²) in [4.78, 5) is 18.4. The molecule has 0 atom stereocenters. The number of H-pyrrole nitrogens is 1. The molecule has 0 radical (unpaired) electrons. The minimum Gasteiger partial charge on any atom is -0.494 e. The highest BCUT2D eigenvalue weighted by atomic mass is 16.5. The number of aromatic amines is 1. The van der Waals surface area contributed by atoms with E-state index in [0.29, 0.717) is 12.4 Å². The van der Waals surface area contributed by atoms with E-state index in [1.54, 1.807) is 6.33 Å². The minimum atomic E-state index is -0.582. The Balaban J connectivity index is 1.55. The second-order valence-electron chi connectivity index (χ2n) is 6.77. The van der Waals surface area contributed by atoms with Gasteiger partial charge in [0, 0.05) is 11.3 Å². The summed E-state index contributed by atoms with van der Waals surface area (Å²) >= 11 is 0. The molecule has 0 bridgehead atoms. The maximum atomic E-state index is 11.3. The van der Waals surface area contributed by atoms with Gasteiger partial charge in [0.05, 0.1) is 17.6 Å². The van der Waals surface area contributed by atoms with Crippen molar-refractivity contribution in [2.45, 2.75) is 6.92 Å². The zero-order chi connectivity index (χ0) is 20.5. The smallest absolute Gasteiger partial charge is 0.439 e. The van der Waals surface area contributed by atoms with E-state index in [1.807, 2.05) is 54.0 Å². The molecular formula is C23H18N4O3. The normalized spacial score (nSPS) is 11.1. The molecule has 2 aromatic heterocycles. The largest absolute Gasteiger partial charge is 0.494 e. The van der Waals surface area contributed by atoms with Gasteiger partial charge in [-0.25, -0.2) is 9.78 Å². The number of fused-ring (bicyclic) bond motifs is 1. The summed E-state index contributed by atoms with van der Waals surface area (Å²) in [6, 6.07) is 22.0. The van der Waals surface area contributed by atoms with Gasteiger partial charge in [-0.05, 0) is 60.5 Å². The summed E-state index contributed by atoms with van der Waals surface area (Å²) in [5.74, 6) is 0.663. The fourth-order valence-corrected chi connectivity index (χ4v) is 3.46. The zero-order valence-corrected chi connectivity index (χ0v) is 16.2. The van der Waals surface area contributed by atoms with Crippen LogP contribution in [-0.2, 0) is 0 Å². The van der Waals surface area contributed by atoms with Crippen LogP contribution in [-0.4, -0.2) is 26.3 Å². The summed E-state index contributed by atoms with van der Waals surface area (Å²) in [7, 11) is 0. The van der Waals surface area contributed by atoms with E-state index in [0.717, 1.165) is 39.2 Å². The number of hydrogen-bond acceptors (Lipinski definition) is 5. The predicted octanol–water partition coefficient (Wildman–Crippen LogP) is 4.43. The molecule has 1 N–H and O–H groups in total. The topological polar surface area (TPSA) is 85.9 Å². The van der Waals surface area contributed by atoms with Crippen molar-refractivity contribution in [3.8, 4) is 34.0 Å². The second kappa shape index (κ2) is 7.36. The maximum Gasteiger partial charge on any atom is 0.439 e. The Morgan fingerprint density at radius 3 is 2.60 bits per heavy atom. The first-order valence-electron chi connectivity index (χ1n) is 9.58. The number of ether oxygens (including phenoxy) is 1. The van der Waals surface area contributed by atoms with E-state index in [1.165, 1.54) is 0 Å². The molecule has 5 rings (SSSR count). The number of benzene rings is 3. The predicted molar refractivity (Wildman–Crippen MR) is 114 cm³/mol. The van der Waals surface area contributed by atoms with Crippen LogP contribution >= 0.6 is 0 Å². The van der Waals surface area contributed by atoms with Crippen LogP contribution in [0.3, 0.4) is 0 Å². The van der Waals surface area contributed by atoms with E-state index in [4.69, 9.17) is 4.74 Å². The Labute approximate surface area is 171 Å². The molecule has 0 saturated carbocycles. The van der Waals surface area contributed by atoms with Crippen LogP contribution in [0.1, 0.15) is 6.92 Å². The van der Waals surface area contributed by atoms with Crippen molar-refractivity contribution in [3.63, 3.8) is 0 Å². The Bertz CT molecular complexity index is 1380. The lowest BCUT2D eigenvalue weighted by Gasteiger charge is -2.09. The molecule has 0 aliphatic heterocycles. The van der Waals surface area contributed by atoms with Crippen molar-refractivity contribution in [2.75, 3.05) is 6.61 Å². The molecule has 30 heavy (non-hydrogen) atoms. The maximum absolute atomic E-state index is 11.3. The average Bonchev–Trinajstić information content (AvgIpc) is 3.40. The number of nitrogens with one attached hydrogen (secondary N) is 1. The number of rotatable bonds is 5. The van der Waals surface area contributed by atoms with Gasteiger partial charge in [0.15, 0.2) is 5.82 Å². The number of nitrogens with zero attached hydrogens (tertiary/aromatic N) is 3. The van der Waals surface area contributed by atoms with E-state index in [2.05, 4.69) is 43.9 Å². The second-order valence-corrected chi connectivity index (χ2v) is 6.77. The van der Waals surface area contributed by atoms with Crippen molar-refractivity contribution in [2.24, 2.45) is 0 Å². The lowest BCUT2D eigenvalue weighted by atomic mass is 10.0. The van der Waals surface area contributed by atoms with Crippen LogP contribution in [0.15, 0.2) is 82.4 Å². The van der Waals surface area contributed by atoms with Crippen molar-refractivity contribution < 1.29 is 9.26 Å². The Hall–Kier alpha value is -4.13. The number of aromatic nitrogens is 4. The fraction of sp³-hybridized carbons (Fsp3) is 0.0870. The molecule has 0 spiro atoms. The Kier molecular flexibility index (Phi) is 4.40. The van der Waals surface area contributed by atoms with Crippen LogP contribution < -0.4 is 10.5 Å². The lowest BCUT2D eigenvalue weighted by molar-refractivity contribution is 0.340. The molecule has 5 aromatic rings. The molecule has 0 amide bonds. The highest BCUT2D eigenvalue weighted by Crippen LogP contribution is 2.27. The highest BCUT2D eigenvalue weighted by molar-refractivity contribution is 5.82. The molecule has 148 valence electrons. The summed E-state index contributed by atoms with van der Waals surface area (Å²) in [5.41, 5.74) is 5.67. The van der Waals surface area contributed by atoms with Gasteiger partial charge in [0.25, 0.3) is 0 Å². The monoisotopic (exact) mass is 398 g/mol. The van der Waals surface area contributed by atoms with Gasteiger partial charge in [0.1, 0.15) is 12.1 Å². The van der Waals surface area contributed by atoms with Gasteiger partial charge >= 0.3 is 5.76 Å². The molecule has 0 saturated heterocycles. The van der Waals surface area contributed by atoms with E-state index in [-0.39, 0.29) is 0 Å². The van der Waals surface area contributed by atoms with Crippen LogP contribution in [0.5, 0.6) is 5.75 Å². The van der Waals surface area contributed by atoms with Gasteiger partial charge in [0.2, 0.25) is 0 Å². The summed E-state index contributed by atoms with van der Waals surface area (Å²) in [5, 5.41) is 3.77. The van der Waals surface area contributed by atoms with Gasteiger partial charge in [-0.1, -0.05) is 29.4 Å². The minimum absolute atomic E-state index is 0.387. The van der Waals surface area contributed by atoms with Crippen molar-refractivity contribution in [3.05, 3.63) is 83.6 Å². The third-order valence-electron chi connectivity index (χ3n) is 4.88. The molecule has 2 heterocycles. The van der Waals surface area contributed by atoms with Crippen LogP contribution in [0.2, 0.25) is 0 Å². The van der Waals surface area contributed by atoms with Gasteiger partial charge in [-0.15, -0.1) is 0 Å². The first-order chi connectivity index (χ1) is 14.7. The molecule has 3 aromatic carbocycles. The van der Waals surface area contributed by atoms with E-state index < -0.39 is 5.76 Å². The van der Waals surface area contributed by atoms with Gasteiger partial charge in [-0.3, -0.25) is 14.1 Å². The first-order valence-corrected chi connectivity index (χ1v) is 9.58. The third-order valence-corrected chi connectivity index (χ3v) is 4.88. The molecule has 7 nitrogen and oxygen atoms in total. The molecule has 7 heteroatoms. The first kappa shape index (κ1) is 17.9. The van der Waals surface area contributed by atoms with Crippen LogP contribution in [0.25, 0.3) is 39.2 Å². The van der Waals surface area contributed by atoms with E-state index in [9.17, 15) is 4.79 Å². The van der Waals surface area contributed by atoms with Crippen molar-refractivity contribution in [1.29, 1.82) is 0 Å². The van der Waals surface area contributed by atoms with Crippen molar-refractivity contribution >= 4 is 11.0 Å². The Morgan fingerprint density at radius 2 is 1.83 bits per heavy atom. The SMILES string of the molecule is CCOc1ccc(-c2cccc(-n3cnc4ccc(-c5noc(=O)[nH]5)cc43)c2)cc1. The molecule has 0 aliphatic rings. The van der Waals surface area contributed by atoms with Gasteiger partial charge in [-0.2, -0.15) is 0 Å². The number of hydrogen-bond donors (Lipinski definition) is 1. The fourth-order valence-electron chi connectivity index (χ4n) is 3.46. The third kappa shape index (κ3) is 3.26. The number of imidazole rings is 1. The Morgan fingerprint density at radius 1 is 1.00 bits per heavy atom. The summed E-state index contributed by atoms with van der Waals surface area (Å²) in [6.07, 6.45) is 1.79. The average molecular weight is 398 g/mol. The van der Waals surface area contributed by atoms with E-state index >= 15 is 0 Å². The molecule has 0 unspecified atom stereocenters. The standard InChI is InChI=1S/C23H18N4O3/c1-2-29-19-9-6-15(7-10-19)16-4-3-5-18(12-16)27-14-24-20-11-8-17(13-21(20)27)22-25-23(28)30-26-22/h3-14H,2H2,1H3,(H,25,26,28). The van der Waals surface area contributed by atoms with Gasteiger partial charge < -0.3 is 4.74 Å². The lowest BCUT2D eigenvalue weighted by Crippen LogP contribution is -1.95. The van der Waals surface area contributed by atoms with Crippen molar-refractivity contribution in [1.82, 2.24) is 19.7 Å². The summed E-state index contributed by atoms with van der Waals surface area (Å²) < 4.78 is 12.2. The quantitative estimate of drug-likeness (QED) is 0.473. The molecular weight excluding hydrogens is 380 g/mol. The van der Waals surface area contributed by atoms with Crippen LogP contribution in [0, 0.1) is 0 Å². The molecule has 0 aliphatic carbocycles. The zero-order valence-electron chi connectivity index (χ0n) is 16.2. The highest BCUT2D eigenvalue weighted by Gasteiger charge is 2.10. The molecule has 0 fully saturated rings. The summed E-state index contributed by atoms with van der Waals surface area (Å²) in [6.45, 7) is 2.62. The van der Waals surface area contributed by atoms with Crippen LogP contribution in [0.4, 0.5) is 0 Å².